The molecule has 2 aromatic rings. The minimum absolute atomic E-state index is 0.0745. The molecular formula is C20H31N3O. The highest BCUT2D eigenvalue weighted by atomic mass is 16.1. The fraction of sp³-hybridized carbons (Fsp3) is 0.400. The van der Waals surface area contributed by atoms with E-state index in [0.29, 0.717) is 0 Å². The largest absolute Gasteiger partial charge is 0.388 e. The van der Waals surface area contributed by atoms with Crippen molar-refractivity contribution in [3.8, 4) is 11.3 Å². The second-order valence-electron chi connectivity index (χ2n) is 4.29. The van der Waals surface area contributed by atoms with Crippen LogP contribution in [0.25, 0.3) is 16.1 Å². The predicted octanol–water partition coefficient (Wildman–Crippen LogP) is 5.52. The maximum absolute atomic E-state index is 11.6. The summed E-state index contributed by atoms with van der Waals surface area (Å²) in [6.07, 6.45) is 1.99. The second kappa shape index (κ2) is 14.1. The lowest BCUT2D eigenvalue weighted by Gasteiger charge is -2.10. The van der Waals surface area contributed by atoms with Crippen molar-refractivity contribution in [1.82, 2.24) is 4.57 Å². The van der Waals surface area contributed by atoms with Crippen molar-refractivity contribution < 1.29 is 4.79 Å². The Kier molecular flexibility index (Phi) is 13.9. The zero-order valence-corrected chi connectivity index (χ0v) is 16.3. The first-order valence-electron chi connectivity index (χ1n) is 8.25. The molecule has 0 radical (unpaired) electrons. The van der Waals surface area contributed by atoms with E-state index in [4.69, 9.17) is 6.57 Å². The van der Waals surface area contributed by atoms with Gasteiger partial charge in [-0.25, -0.2) is 6.57 Å². The third kappa shape index (κ3) is 7.15. The molecule has 0 saturated carbocycles. The van der Waals surface area contributed by atoms with Crippen molar-refractivity contribution in [3.05, 3.63) is 53.5 Å². The zero-order chi connectivity index (χ0) is 19.1. The summed E-state index contributed by atoms with van der Waals surface area (Å²) < 4.78 is 2.04. The highest BCUT2D eigenvalue weighted by molar-refractivity contribution is 6.00. The van der Waals surface area contributed by atoms with Gasteiger partial charge in [-0.15, -0.1) is 0 Å². The van der Waals surface area contributed by atoms with Gasteiger partial charge in [0.15, 0.2) is 5.78 Å². The van der Waals surface area contributed by atoms with Gasteiger partial charge in [-0.2, -0.15) is 0 Å². The number of benzene rings is 1. The summed E-state index contributed by atoms with van der Waals surface area (Å²) in [4.78, 5) is 14.3. The molecule has 1 heterocycles. The van der Waals surface area contributed by atoms with E-state index < -0.39 is 0 Å². The lowest BCUT2D eigenvalue weighted by Crippen LogP contribution is -2.01. The van der Waals surface area contributed by atoms with Gasteiger partial charge in [0.25, 0.3) is 0 Å². The summed E-state index contributed by atoms with van der Waals surface area (Å²) in [6, 6.07) is 9.93. The van der Waals surface area contributed by atoms with E-state index in [1.54, 1.807) is 6.92 Å². The lowest BCUT2D eigenvalue weighted by atomic mass is 10.0. The predicted molar refractivity (Wildman–Crippen MR) is 106 cm³/mol. The number of ketones is 1. The minimum atomic E-state index is 0.0745. The van der Waals surface area contributed by atoms with Crippen molar-refractivity contribution >= 4 is 11.5 Å². The van der Waals surface area contributed by atoms with Gasteiger partial charge in [0.05, 0.1) is 0 Å². The average molecular weight is 329 g/mol. The summed E-state index contributed by atoms with van der Waals surface area (Å²) in [5.41, 5.74) is 3.76. The molecule has 0 saturated heterocycles. The Morgan fingerprint density at radius 2 is 1.71 bits per heavy atom. The van der Waals surface area contributed by atoms with Crippen molar-refractivity contribution in [3.63, 3.8) is 0 Å². The van der Waals surface area contributed by atoms with E-state index in [1.807, 2.05) is 82.9 Å². The van der Waals surface area contributed by atoms with E-state index in [9.17, 15) is 4.79 Å². The SMILES string of the molecule is CC.CC.CNc1ccc(-c2cccn2C)cc1C(C)=O.[C-]#[N+]C. The molecule has 1 N–H and O–H groups in total. The van der Waals surface area contributed by atoms with Crippen LogP contribution in [0.1, 0.15) is 45.0 Å². The topological polar surface area (TPSA) is 38.4 Å². The number of Topliss-reactive ketones (excluding diaryl/α,β-unsaturated/α-hetero) is 1. The molecule has 0 bridgehead atoms. The first-order valence-corrected chi connectivity index (χ1v) is 8.25. The van der Waals surface area contributed by atoms with Crippen LogP contribution in [-0.4, -0.2) is 24.4 Å². The van der Waals surface area contributed by atoms with Crippen LogP contribution in [0.3, 0.4) is 0 Å². The highest BCUT2D eigenvalue weighted by Gasteiger charge is 2.09. The smallest absolute Gasteiger partial charge is 0.205 e. The van der Waals surface area contributed by atoms with Gasteiger partial charge in [0.2, 0.25) is 7.05 Å². The molecule has 4 nitrogen and oxygen atoms in total. The maximum atomic E-state index is 11.6. The van der Waals surface area contributed by atoms with Crippen LogP contribution in [0.5, 0.6) is 0 Å². The van der Waals surface area contributed by atoms with Gasteiger partial charge in [0, 0.05) is 37.2 Å². The molecule has 24 heavy (non-hydrogen) atoms. The summed E-state index contributed by atoms with van der Waals surface area (Å²) in [7, 11) is 5.23. The highest BCUT2D eigenvalue weighted by Crippen LogP contribution is 2.25. The third-order valence-electron chi connectivity index (χ3n) is 2.91. The molecule has 4 heteroatoms. The van der Waals surface area contributed by atoms with Crippen LogP contribution in [0, 0.1) is 6.57 Å². The molecule has 0 aliphatic rings. The molecule has 0 aliphatic heterocycles. The quantitative estimate of drug-likeness (QED) is 0.594. The van der Waals surface area contributed by atoms with Gasteiger partial charge in [-0.05, 0) is 36.8 Å². The van der Waals surface area contributed by atoms with Crippen LogP contribution in [-0.2, 0) is 7.05 Å². The molecule has 1 aromatic carbocycles. The van der Waals surface area contributed by atoms with Crippen LogP contribution < -0.4 is 5.32 Å². The van der Waals surface area contributed by atoms with Crippen LogP contribution in [0.4, 0.5) is 5.69 Å². The number of aromatic nitrogens is 1. The first kappa shape index (κ1) is 23.7. The van der Waals surface area contributed by atoms with E-state index in [-0.39, 0.29) is 5.78 Å². The third-order valence-corrected chi connectivity index (χ3v) is 2.91. The number of hydrogen-bond acceptors (Lipinski definition) is 2. The molecule has 132 valence electrons. The Morgan fingerprint density at radius 1 is 1.17 bits per heavy atom. The standard InChI is InChI=1S/C14H16N2O.C2H3N.2C2H6/c1-10(17)12-9-11(6-7-13(12)15-2)14-5-4-8-16(14)3;1-3-2;2*1-2/h4-9,15H,1-3H3;1H3;2*1-2H3. The zero-order valence-electron chi connectivity index (χ0n) is 16.3. The second-order valence-corrected chi connectivity index (χ2v) is 4.29. The fourth-order valence-electron chi connectivity index (χ4n) is 1.97. The van der Waals surface area contributed by atoms with Crippen LogP contribution >= 0.6 is 0 Å². The molecular weight excluding hydrogens is 298 g/mol. The van der Waals surface area contributed by atoms with Crippen LogP contribution in [0.2, 0.25) is 0 Å². The average Bonchev–Trinajstić information content (AvgIpc) is 3.04. The molecule has 0 amide bonds. The molecule has 1 aromatic heterocycles. The molecule has 0 atom stereocenters. The fourth-order valence-corrected chi connectivity index (χ4v) is 1.97. The molecule has 2 rings (SSSR count). The summed E-state index contributed by atoms with van der Waals surface area (Å²) >= 11 is 0. The van der Waals surface area contributed by atoms with E-state index >= 15 is 0 Å². The molecule has 0 aliphatic carbocycles. The molecule has 0 fully saturated rings. The Bertz CT molecular complexity index is 637. The van der Waals surface area contributed by atoms with Crippen molar-refractivity contribution in [2.45, 2.75) is 34.6 Å². The van der Waals surface area contributed by atoms with Gasteiger partial charge < -0.3 is 14.7 Å². The van der Waals surface area contributed by atoms with Crippen molar-refractivity contribution in [1.29, 1.82) is 0 Å². The number of nitrogens with one attached hydrogen (secondary N) is 1. The number of carbonyl (C=O) groups excluding carboxylic acids is 1. The summed E-state index contributed by atoms with van der Waals surface area (Å²) in [5, 5.41) is 3.04. The maximum Gasteiger partial charge on any atom is 0.205 e. The van der Waals surface area contributed by atoms with E-state index in [1.165, 1.54) is 7.05 Å². The van der Waals surface area contributed by atoms with E-state index in [0.717, 1.165) is 22.5 Å². The number of anilines is 1. The Balaban J connectivity index is 0. The van der Waals surface area contributed by atoms with Crippen LogP contribution in [0.15, 0.2) is 36.5 Å². The van der Waals surface area contributed by atoms with Gasteiger partial charge >= 0.3 is 0 Å². The van der Waals surface area contributed by atoms with Gasteiger partial charge in [-0.1, -0.05) is 33.8 Å². The summed E-state index contributed by atoms with van der Waals surface area (Å²) in [5.74, 6) is 0.0745. The number of rotatable bonds is 3. The number of hydrogen-bond donors (Lipinski definition) is 1. The van der Waals surface area contributed by atoms with Gasteiger partial charge in [-0.3, -0.25) is 4.79 Å². The monoisotopic (exact) mass is 329 g/mol. The van der Waals surface area contributed by atoms with Gasteiger partial charge in [0.1, 0.15) is 0 Å². The normalized spacial score (nSPS) is 8.12. The number of nitrogens with zero attached hydrogens (tertiary/aromatic N) is 2. The Hall–Kier alpha value is -2.54. The van der Waals surface area contributed by atoms with Crippen molar-refractivity contribution in [2.24, 2.45) is 7.05 Å². The van der Waals surface area contributed by atoms with E-state index in [2.05, 4.69) is 10.2 Å². The number of carbonyl (C=O) groups is 1. The van der Waals surface area contributed by atoms with Crippen molar-refractivity contribution in [2.75, 3.05) is 19.4 Å². The molecule has 0 spiro atoms. The molecule has 0 unspecified atom stereocenters. The first-order chi connectivity index (χ1) is 11.5. The Labute approximate surface area is 147 Å². The Morgan fingerprint density at radius 3 is 2.08 bits per heavy atom. The lowest BCUT2D eigenvalue weighted by molar-refractivity contribution is 0.101. The number of aryl methyl sites for hydroxylation is 1. The summed E-state index contributed by atoms with van der Waals surface area (Å²) in [6.45, 7) is 15.4. The minimum Gasteiger partial charge on any atom is -0.388 e.